The number of benzene rings is 2. The van der Waals surface area contributed by atoms with Crippen LogP contribution in [0.4, 0.5) is 18.9 Å². The summed E-state index contributed by atoms with van der Waals surface area (Å²) in [4.78, 5) is 16.3. The highest BCUT2D eigenvalue weighted by Gasteiger charge is 2.30. The second kappa shape index (κ2) is 6.43. The fourth-order valence-electron chi connectivity index (χ4n) is 2.23. The number of nitrogens with one attached hydrogen (secondary N) is 1. The molecule has 1 amide bonds. The Morgan fingerprint density at radius 2 is 1.68 bits per heavy atom. The average molecular weight is 346 g/mol. The second-order valence-corrected chi connectivity index (χ2v) is 5.36. The fourth-order valence-corrected chi connectivity index (χ4v) is 2.23. The Bertz CT molecular complexity index is 882. The normalized spacial score (nSPS) is 11.4. The van der Waals surface area contributed by atoms with Crippen LogP contribution in [0.2, 0.25) is 0 Å². The van der Waals surface area contributed by atoms with Crippen molar-refractivity contribution in [3.63, 3.8) is 0 Å². The molecule has 3 rings (SSSR count). The first-order valence-electron chi connectivity index (χ1n) is 7.34. The van der Waals surface area contributed by atoms with Gasteiger partial charge >= 0.3 is 6.18 Å². The third kappa shape index (κ3) is 3.88. The van der Waals surface area contributed by atoms with E-state index in [-0.39, 0.29) is 5.56 Å². The predicted octanol–water partition coefficient (Wildman–Crippen LogP) is 4.92. The van der Waals surface area contributed by atoms with Crippen LogP contribution in [0.25, 0.3) is 11.3 Å². The van der Waals surface area contributed by atoms with Gasteiger partial charge in [0.2, 0.25) is 0 Å². The molecule has 0 radical (unpaired) electrons. The zero-order valence-corrected chi connectivity index (χ0v) is 13.1. The smallest absolute Gasteiger partial charge is 0.416 e. The van der Waals surface area contributed by atoms with Gasteiger partial charge in [-0.2, -0.15) is 13.2 Å². The molecule has 3 aromatic rings. The molecule has 25 heavy (non-hydrogen) atoms. The Morgan fingerprint density at radius 1 is 1.04 bits per heavy atom. The van der Waals surface area contributed by atoms with E-state index >= 15 is 0 Å². The number of alkyl halides is 3. The molecule has 1 heterocycles. The maximum absolute atomic E-state index is 12.5. The third-order valence-electron chi connectivity index (χ3n) is 3.53. The van der Waals surface area contributed by atoms with Crippen LogP contribution >= 0.6 is 0 Å². The van der Waals surface area contributed by atoms with Gasteiger partial charge in [0.1, 0.15) is 12.0 Å². The van der Waals surface area contributed by atoms with E-state index in [1.54, 1.807) is 31.2 Å². The topological polar surface area (TPSA) is 55.1 Å². The molecule has 0 aliphatic carbocycles. The quantitative estimate of drug-likeness (QED) is 0.732. The van der Waals surface area contributed by atoms with E-state index in [4.69, 9.17) is 4.42 Å². The third-order valence-corrected chi connectivity index (χ3v) is 3.53. The van der Waals surface area contributed by atoms with E-state index in [2.05, 4.69) is 10.3 Å². The number of halogens is 3. The summed E-state index contributed by atoms with van der Waals surface area (Å²) in [5.41, 5.74) is 1.37. The molecule has 0 saturated heterocycles. The molecule has 0 aliphatic heterocycles. The van der Waals surface area contributed by atoms with Crippen molar-refractivity contribution in [3.05, 3.63) is 71.8 Å². The van der Waals surface area contributed by atoms with Crippen LogP contribution < -0.4 is 5.32 Å². The van der Waals surface area contributed by atoms with Crippen molar-refractivity contribution < 1.29 is 22.4 Å². The molecule has 4 nitrogen and oxygen atoms in total. The van der Waals surface area contributed by atoms with Gasteiger partial charge in [0.05, 0.1) is 5.56 Å². The molecule has 0 aliphatic rings. The van der Waals surface area contributed by atoms with Crippen LogP contribution in [0.1, 0.15) is 21.8 Å². The van der Waals surface area contributed by atoms with E-state index in [0.717, 1.165) is 29.8 Å². The standard InChI is InChI=1S/C18H13F3N2O2/c1-11-22-16(10-25-11)12-4-8-15(9-5-12)23-17(24)13-2-6-14(7-3-13)18(19,20)21/h2-10H,1H3,(H,23,24). The molecule has 7 heteroatoms. The Morgan fingerprint density at radius 3 is 2.20 bits per heavy atom. The van der Waals surface area contributed by atoms with Crippen LogP contribution in [0.3, 0.4) is 0 Å². The summed E-state index contributed by atoms with van der Waals surface area (Å²) in [5, 5.41) is 2.64. The minimum atomic E-state index is -4.43. The number of carbonyl (C=O) groups is 1. The lowest BCUT2D eigenvalue weighted by Gasteiger charge is -2.08. The van der Waals surface area contributed by atoms with Crippen molar-refractivity contribution in [2.24, 2.45) is 0 Å². The maximum Gasteiger partial charge on any atom is 0.416 e. The van der Waals surface area contributed by atoms with Gasteiger partial charge in [-0.15, -0.1) is 0 Å². The van der Waals surface area contributed by atoms with E-state index in [0.29, 0.717) is 17.3 Å². The summed E-state index contributed by atoms with van der Waals surface area (Å²) >= 11 is 0. The van der Waals surface area contributed by atoms with E-state index < -0.39 is 17.6 Å². The van der Waals surface area contributed by atoms with Gasteiger partial charge in [0.25, 0.3) is 5.91 Å². The zero-order valence-electron chi connectivity index (χ0n) is 13.1. The second-order valence-electron chi connectivity index (χ2n) is 5.36. The van der Waals surface area contributed by atoms with Crippen LogP contribution in [-0.2, 0) is 6.18 Å². The maximum atomic E-state index is 12.5. The van der Waals surface area contributed by atoms with Gasteiger partial charge in [0.15, 0.2) is 5.89 Å². The van der Waals surface area contributed by atoms with Gasteiger partial charge in [-0.3, -0.25) is 4.79 Å². The summed E-state index contributed by atoms with van der Waals surface area (Å²) in [6.07, 6.45) is -2.89. The Labute approximate surface area is 141 Å². The summed E-state index contributed by atoms with van der Waals surface area (Å²) in [6, 6.07) is 10.9. The Kier molecular flexibility index (Phi) is 4.31. The fraction of sp³-hybridized carbons (Fsp3) is 0.111. The monoisotopic (exact) mass is 346 g/mol. The van der Waals surface area contributed by atoms with Crippen molar-refractivity contribution in [2.75, 3.05) is 5.32 Å². The average Bonchev–Trinajstić information content (AvgIpc) is 3.01. The Balaban J connectivity index is 1.70. The number of hydrogen-bond donors (Lipinski definition) is 1. The minimum absolute atomic E-state index is 0.143. The number of hydrogen-bond acceptors (Lipinski definition) is 3. The van der Waals surface area contributed by atoms with Crippen molar-refractivity contribution in [2.45, 2.75) is 13.1 Å². The summed E-state index contributed by atoms with van der Waals surface area (Å²) in [6.45, 7) is 1.74. The van der Waals surface area contributed by atoms with E-state index in [9.17, 15) is 18.0 Å². The molecule has 1 N–H and O–H groups in total. The number of anilines is 1. The van der Waals surface area contributed by atoms with Gasteiger partial charge in [-0.25, -0.2) is 4.98 Å². The first kappa shape index (κ1) is 16.8. The van der Waals surface area contributed by atoms with Crippen LogP contribution in [0.5, 0.6) is 0 Å². The number of nitrogens with zero attached hydrogens (tertiary/aromatic N) is 1. The molecule has 128 valence electrons. The number of rotatable bonds is 3. The number of oxazole rings is 1. The molecule has 0 saturated carbocycles. The number of aryl methyl sites for hydroxylation is 1. The zero-order chi connectivity index (χ0) is 18.0. The van der Waals surface area contributed by atoms with Crippen molar-refractivity contribution in [1.29, 1.82) is 0 Å². The van der Waals surface area contributed by atoms with Gasteiger partial charge in [-0.05, 0) is 36.4 Å². The summed E-state index contributed by atoms with van der Waals surface area (Å²) in [5.74, 6) is 0.0634. The van der Waals surface area contributed by atoms with Crippen LogP contribution in [0, 0.1) is 6.92 Å². The lowest BCUT2D eigenvalue weighted by atomic mass is 10.1. The minimum Gasteiger partial charge on any atom is -0.449 e. The van der Waals surface area contributed by atoms with E-state index in [1.165, 1.54) is 6.26 Å². The largest absolute Gasteiger partial charge is 0.449 e. The molecule has 0 unspecified atom stereocenters. The number of aromatic nitrogens is 1. The molecule has 2 aromatic carbocycles. The SMILES string of the molecule is Cc1nc(-c2ccc(NC(=O)c3ccc(C(F)(F)F)cc3)cc2)co1. The van der Waals surface area contributed by atoms with Gasteiger partial charge in [0, 0.05) is 23.7 Å². The van der Waals surface area contributed by atoms with Crippen LogP contribution in [-0.4, -0.2) is 10.9 Å². The van der Waals surface area contributed by atoms with Crippen molar-refractivity contribution >= 4 is 11.6 Å². The molecular weight excluding hydrogens is 333 g/mol. The lowest BCUT2D eigenvalue weighted by Crippen LogP contribution is -2.12. The van der Waals surface area contributed by atoms with Gasteiger partial charge in [-0.1, -0.05) is 12.1 Å². The highest BCUT2D eigenvalue weighted by molar-refractivity contribution is 6.04. The van der Waals surface area contributed by atoms with Crippen LogP contribution in [0.15, 0.2) is 59.2 Å². The lowest BCUT2D eigenvalue weighted by molar-refractivity contribution is -0.137. The molecular formula is C18H13F3N2O2. The predicted molar refractivity (Wildman–Crippen MR) is 86.1 cm³/mol. The number of carbonyl (C=O) groups excluding carboxylic acids is 1. The van der Waals surface area contributed by atoms with Crippen molar-refractivity contribution in [1.82, 2.24) is 4.98 Å². The highest BCUT2D eigenvalue weighted by Crippen LogP contribution is 2.29. The Hall–Kier alpha value is -3.09. The van der Waals surface area contributed by atoms with E-state index in [1.807, 2.05) is 0 Å². The van der Waals surface area contributed by atoms with Gasteiger partial charge < -0.3 is 9.73 Å². The summed E-state index contributed by atoms with van der Waals surface area (Å²) < 4.78 is 42.7. The molecule has 0 fully saturated rings. The molecule has 0 atom stereocenters. The molecule has 0 spiro atoms. The first-order valence-corrected chi connectivity index (χ1v) is 7.34. The molecule has 0 bridgehead atoms. The highest BCUT2D eigenvalue weighted by atomic mass is 19.4. The van der Waals surface area contributed by atoms with Crippen molar-refractivity contribution in [3.8, 4) is 11.3 Å². The molecule has 1 aromatic heterocycles. The summed E-state index contributed by atoms with van der Waals surface area (Å²) in [7, 11) is 0. The first-order chi connectivity index (χ1) is 11.8. The number of amides is 1.